The predicted octanol–water partition coefficient (Wildman–Crippen LogP) is -1.47. The van der Waals surface area contributed by atoms with Crippen LogP contribution in [0.2, 0.25) is 0 Å². The van der Waals surface area contributed by atoms with Gasteiger partial charge in [-0.15, -0.1) is 0 Å². The molecule has 0 aliphatic carbocycles. The fourth-order valence-electron chi connectivity index (χ4n) is 8.75. The van der Waals surface area contributed by atoms with Crippen LogP contribution in [0.3, 0.4) is 0 Å². The van der Waals surface area contributed by atoms with Gasteiger partial charge in [-0.3, -0.25) is 14.2 Å². The summed E-state index contributed by atoms with van der Waals surface area (Å²) in [5.41, 5.74) is 3.31. The van der Waals surface area contributed by atoms with E-state index in [-0.39, 0.29) is 114 Å². The van der Waals surface area contributed by atoms with E-state index in [0.717, 1.165) is 38.6 Å². The second kappa shape index (κ2) is 19.0. The molecule has 0 saturated heterocycles. The van der Waals surface area contributed by atoms with Crippen molar-refractivity contribution in [1.29, 1.82) is 0 Å². The second-order valence-corrected chi connectivity index (χ2v) is 19.9. The number of nitrogens with zero attached hydrogens (tertiary/aromatic N) is 4. The van der Waals surface area contributed by atoms with Gasteiger partial charge in [-0.25, -0.2) is 19.6 Å². The molecule has 0 unspecified atom stereocenters. The number of carbonyl (C=O) groups is 2. The Bertz CT molecular complexity index is 2980. The fourth-order valence-corrected chi connectivity index (χ4v) is 9.24. The normalized spacial score (nSPS) is 18.8. The van der Waals surface area contributed by atoms with Crippen molar-refractivity contribution >= 4 is 48.9 Å². The average molecular weight is 957 g/mol. The van der Waals surface area contributed by atoms with Crippen LogP contribution in [0.4, 0.5) is 0 Å². The monoisotopic (exact) mass is 956 g/mol. The molecule has 0 spiro atoms. The summed E-state index contributed by atoms with van der Waals surface area (Å²) in [5, 5.41) is 1.95. The average Bonchev–Trinajstić information content (AvgIpc) is 3.80. The Balaban J connectivity index is 0.000000191. The van der Waals surface area contributed by atoms with E-state index in [0.29, 0.717) is 41.3 Å². The zero-order valence-corrected chi connectivity index (χ0v) is 42.8. The first-order valence-corrected chi connectivity index (χ1v) is 24.3. The summed E-state index contributed by atoms with van der Waals surface area (Å²) < 4.78 is 57.4. The largest absolute Gasteiger partial charge is 1.00 e. The quantitative estimate of drug-likeness (QED) is 0.0658. The molecule has 332 valence electrons. The molecule has 66 heavy (non-hydrogen) atoms. The molecule has 0 bridgehead atoms. The Morgan fingerprint density at radius 1 is 0.652 bits per heavy atom. The van der Waals surface area contributed by atoms with Gasteiger partial charge in [0, 0.05) is 46.4 Å². The van der Waals surface area contributed by atoms with Gasteiger partial charge in [0.05, 0.1) is 65.8 Å². The molecule has 6 aromatic rings. The number of fused-ring (bicyclic) bond motifs is 10. The molecule has 8 heterocycles. The molecule has 18 nitrogen and oxygen atoms in total. The maximum absolute atomic E-state index is 13.4. The van der Waals surface area contributed by atoms with Crippen molar-refractivity contribution in [1.82, 2.24) is 19.1 Å². The SMILES string of the molecule is CC[C@@]1(OCOP(=O)([O-])[O-])C(=O)OCc2c1cc1n(c2=O)Cc2cc3ccccc3nc2-1.CC[C@@]1(OCOP(C)(C)=O)C(=O)OCc2c1cc1n(c2=O)Cc2cc3ccccc3nc2-1.[Na+].[Na+]. The molecular weight excluding hydrogens is 916 g/mol. The molecule has 2 aromatic carbocycles. The number of rotatable bonds is 10. The van der Waals surface area contributed by atoms with E-state index in [4.69, 9.17) is 33.4 Å². The number of pyridine rings is 4. The van der Waals surface area contributed by atoms with Crippen molar-refractivity contribution in [2.24, 2.45) is 0 Å². The Hall–Kier alpha value is -3.68. The van der Waals surface area contributed by atoms with Crippen LogP contribution in [0.15, 0.2) is 82.4 Å². The molecule has 2 atom stereocenters. The Labute approximate surface area is 421 Å². The Kier molecular flexibility index (Phi) is 14.5. The van der Waals surface area contributed by atoms with Crippen LogP contribution in [-0.2, 0) is 84.2 Å². The van der Waals surface area contributed by atoms with Crippen molar-refractivity contribution < 1.29 is 116 Å². The molecule has 22 heteroatoms. The minimum atomic E-state index is -5.32. The molecule has 0 amide bonds. The van der Waals surface area contributed by atoms with E-state index in [1.165, 1.54) is 13.3 Å². The molecule has 10 rings (SSSR count). The number of esters is 2. The van der Waals surface area contributed by atoms with Gasteiger partial charge >= 0.3 is 71.1 Å². The van der Waals surface area contributed by atoms with Crippen molar-refractivity contribution in [2.45, 2.75) is 64.2 Å². The van der Waals surface area contributed by atoms with E-state index in [2.05, 4.69) is 4.52 Å². The minimum absolute atomic E-state index is 0. The van der Waals surface area contributed by atoms with Gasteiger partial charge in [-0.2, -0.15) is 0 Å². The van der Waals surface area contributed by atoms with E-state index in [1.807, 2.05) is 66.7 Å². The first kappa shape index (κ1) is 50.2. The topological polar surface area (TPSA) is 240 Å². The molecule has 0 radical (unpaired) electrons. The van der Waals surface area contributed by atoms with Crippen LogP contribution in [0.1, 0.15) is 60.1 Å². The summed E-state index contributed by atoms with van der Waals surface area (Å²) in [5.74, 6) is -1.39. The number of para-hydroxylation sites is 2. The van der Waals surface area contributed by atoms with Crippen molar-refractivity contribution in [3.05, 3.63) is 127 Å². The number of hydrogen-bond acceptors (Lipinski definition) is 16. The molecule has 0 saturated carbocycles. The van der Waals surface area contributed by atoms with Crippen molar-refractivity contribution in [3.63, 3.8) is 0 Å². The fraction of sp³-hybridized carbons (Fsp3) is 0.318. The molecule has 4 aliphatic rings. The van der Waals surface area contributed by atoms with Crippen LogP contribution in [0, 0.1) is 0 Å². The van der Waals surface area contributed by atoms with Gasteiger partial charge in [0.1, 0.15) is 13.2 Å². The van der Waals surface area contributed by atoms with Crippen LogP contribution in [-0.4, -0.2) is 58.0 Å². The molecule has 0 fully saturated rings. The zero-order chi connectivity index (χ0) is 45.3. The van der Waals surface area contributed by atoms with Crippen molar-refractivity contribution in [2.75, 3.05) is 26.9 Å². The third kappa shape index (κ3) is 8.91. The van der Waals surface area contributed by atoms with Gasteiger partial charge < -0.3 is 51.5 Å². The first-order valence-electron chi connectivity index (χ1n) is 20.3. The number of phosphoric acid groups is 1. The van der Waals surface area contributed by atoms with Gasteiger partial charge in [0.2, 0.25) is 0 Å². The smallest absolute Gasteiger partial charge is 0.790 e. The zero-order valence-electron chi connectivity index (χ0n) is 37.0. The van der Waals surface area contributed by atoms with Crippen LogP contribution in [0.25, 0.3) is 44.6 Å². The second-order valence-electron chi connectivity index (χ2n) is 16.0. The van der Waals surface area contributed by atoms with Gasteiger partial charge in [0.15, 0.2) is 32.2 Å². The Morgan fingerprint density at radius 2 is 1.06 bits per heavy atom. The number of ether oxygens (including phenoxy) is 4. The van der Waals surface area contributed by atoms with Crippen LogP contribution >= 0.6 is 15.2 Å². The van der Waals surface area contributed by atoms with Gasteiger partial charge in [-0.1, -0.05) is 50.2 Å². The molecule has 4 aromatic heterocycles. The standard InChI is InChI=1S/C23H23N2O6P.C21H19N2O8P.2Na/c1-4-23(30-13-31-32(2,3)28)17-10-19-20-15(9-14-7-5-6-8-18(14)24-20)11-25(19)21(26)16(17)12-29-22(23)27;1-2-21(30-11-31-32(26,27)28)15-8-17-18-13(7-12-5-3-4-6-16(12)22-18)9-23(17)19(24)14(15)10-29-20(21)25;;/h5-10H,4,11-13H2,1-3H3;3-8H,2,9-11H2,1H3,(H2,26,27,28);;/q;;2*+1/p-2/t23-;21-;;/m00../s1. The predicted molar refractivity (Wildman–Crippen MR) is 226 cm³/mol. The number of cyclic esters (lactones) is 2. The number of phosphoric ester groups is 1. The first-order chi connectivity index (χ1) is 30.5. The minimum Gasteiger partial charge on any atom is -0.790 e. The number of carbonyl (C=O) groups excluding carboxylic acids is 2. The molecule has 4 aliphatic heterocycles. The van der Waals surface area contributed by atoms with Crippen LogP contribution in [0.5, 0.6) is 0 Å². The number of hydrogen-bond donors (Lipinski definition) is 0. The summed E-state index contributed by atoms with van der Waals surface area (Å²) in [6.07, 6.45) is 0.242. The number of aromatic nitrogens is 4. The summed E-state index contributed by atoms with van der Waals surface area (Å²) in [6.45, 7) is 5.35. The molecule has 0 N–H and O–H groups in total. The van der Waals surface area contributed by atoms with Crippen molar-refractivity contribution in [3.8, 4) is 22.8 Å². The van der Waals surface area contributed by atoms with Gasteiger partial charge in [0.25, 0.3) is 11.1 Å². The van der Waals surface area contributed by atoms with Crippen LogP contribution < -0.4 is 80.0 Å². The van der Waals surface area contributed by atoms with E-state index in [1.54, 1.807) is 29.0 Å². The summed E-state index contributed by atoms with van der Waals surface area (Å²) in [7, 11) is -8.14. The van der Waals surface area contributed by atoms with Gasteiger partial charge in [-0.05, 0) is 49.2 Å². The van der Waals surface area contributed by atoms with E-state index in [9.17, 15) is 38.1 Å². The third-order valence-corrected chi connectivity index (χ3v) is 13.1. The van der Waals surface area contributed by atoms with E-state index >= 15 is 0 Å². The maximum Gasteiger partial charge on any atom is 1.00 e. The Morgan fingerprint density at radius 3 is 1.45 bits per heavy atom. The summed E-state index contributed by atoms with van der Waals surface area (Å²) in [4.78, 5) is 83.6. The maximum atomic E-state index is 13.4. The third-order valence-electron chi connectivity index (χ3n) is 12.0. The summed E-state index contributed by atoms with van der Waals surface area (Å²) >= 11 is 0. The number of benzene rings is 2. The summed E-state index contributed by atoms with van der Waals surface area (Å²) in [6, 6.07) is 22.9. The van der Waals surface area contributed by atoms with E-state index < -0.39 is 45.1 Å². The molecular formula is C44H40N4Na2O14P2.